The Kier molecular flexibility index (Phi) is 6.20. The molecule has 31 heavy (non-hydrogen) atoms. The number of rotatable bonds is 6. The third-order valence-electron chi connectivity index (χ3n) is 5.90. The second kappa shape index (κ2) is 9.04. The largest absolute Gasteiger partial charge is 0.367 e. The number of benzene rings is 1. The van der Waals surface area contributed by atoms with Gasteiger partial charge in [0, 0.05) is 23.9 Å². The van der Waals surface area contributed by atoms with Gasteiger partial charge in [-0.3, -0.25) is 4.79 Å². The number of fused-ring (bicyclic) bond motifs is 1. The summed E-state index contributed by atoms with van der Waals surface area (Å²) in [5.41, 5.74) is 1.81. The van der Waals surface area contributed by atoms with Crippen LogP contribution in [0.1, 0.15) is 65.1 Å². The molecule has 1 fully saturated rings. The summed E-state index contributed by atoms with van der Waals surface area (Å²) < 4.78 is 1.88. The Morgan fingerprint density at radius 3 is 2.32 bits per heavy atom. The first-order valence-corrected chi connectivity index (χ1v) is 11.3. The third kappa shape index (κ3) is 4.70. The van der Waals surface area contributed by atoms with Gasteiger partial charge in [-0.25, -0.2) is 14.6 Å². The standard InChI is InChI=1S/C24H32N6O/c1-15(2)21-28-22(26-17-10-12-18(13-11-17)27-24(31)16(3)4)20-14-25-30(23(20)29-21)19-8-6-5-7-9-19/h5-9,14-18H,10-13H2,1-4H3,(H,27,31)(H,26,28,29). The van der Waals surface area contributed by atoms with E-state index < -0.39 is 0 Å². The number of carbonyl (C=O) groups is 1. The third-order valence-corrected chi connectivity index (χ3v) is 5.90. The Morgan fingerprint density at radius 1 is 1.00 bits per heavy atom. The summed E-state index contributed by atoms with van der Waals surface area (Å²) in [6.07, 6.45) is 5.80. The van der Waals surface area contributed by atoms with Crippen molar-refractivity contribution < 1.29 is 4.79 Å². The van der Waals surface area contributed by atoms with Crippen LogP contribution in [0.2, 0.25) is 0 Å². The molecule has 1 amide bonds. The molecule has 0 saturated heterocycles. The Balaban J connectivity index is 1.55. The van der Waals surface area contributed by atoms with Crippen LogP contribution in [0.4, 0.5) is 5.82 Å². The van der Waals surface area contributed by atoms with Crippen molar-refractivity contribution in [2.45, 2.75) is 71.4 Å². The second-order valence-electron chi connectivity index (χ2n) is 9.07. The molecule has 7 heteroatoms. The highest BCUT2D eigenvalue weighted by Crippen LogP contribution is 2.28. The molecule has 2 aromatic heterocycles. The molecule has 0 spiro atoms. The number of para-hydroxylation sites is 1. The number of carbonyl (C=O) groups excluding carboxylic acids is 1. The van der Waals surface area contributed by atoms with Gasteiger partial charge in [-0.15, -0.1) is 0 Å². The lowest BCUT2D eigenvalue weighted by Crippen LogP contribution is -2.41. The van der Waals surface area contributed by atoms with Crippen molar-refractivity contribution in [2.75, 3.05) is 5.32 Å². The highest BCUT2D eigenvalue weighted by Gasteiger charge is 2.25. The van der Waals surface area contributed by atoms with Crippen LogP contribution in [0.3, 0.4) is 0 Å². The molecular weight excluding hydrogens is 388 g/mol. The lowest BCUT2D eigenvalue weighted by Gasteiger charge is -2.30. The highest BCUT2D eigenvalue weighted by molar-refractivity contribution is 5.87. The summed E-state index contributed by atoms with van der Waals surface area (Å²) in [5.74, 6) is 2.05. The van der Waals surface area contributed by atoms with Gasteiger partial charge in [0.15, 0.2) is 5.65 Å². The quantitative estimate of drug-likeness (QED) is 0.616. The fraction of sp³-hybridized carbons (Fsp3) is 0.500. The average molecular weight is 421 g/mol. The lowest BCUT2D eigenvalue weighted by atomic mass is 9.90. The molecule has 1 saturated carbocycles. The Hall–Kier alpha value is -2.96. The van der Waals surface area contributed by atoms with Gasteiger partial charge in [-0.2, -0.15) is 5.10 Å². The van der Waals surface area contributed by atoms with E-state index in [2.05, 4.69) is 29.6 Å². The van der Waals surface area contributed by atoms with Gasteiger partial charge in [-0.1, -0.05) is 45.9 Å². The molecule has 7 nitrogen and oxygen atoms in total. The van der Waals surface area contributed by atoms with E-state index in [0.717, 1.165) is 54.0 Å². The first-order valence-electron chi connectivity index (χ1n) is 11.3. The number of amides is 1. The predicted octanol–water partition coefficient (Wildman–Crippen LogP) is 4.43. The fourth-order valence-corrected chi connectivity index (χ4v) is 3.99. The van der Waals surface area contributed by atoms with E-state index in [9.17, 15) is 4.79 Å². The summed E-state index contributed by atoms with van der Waals surface area (Å²) in [5, 5.41) is 12.4. The van der Waals surface area contributed by atoms with Gasteiger partial charge in [-0.05, 0) is 37.8 Å². The van der Waals surface area contributed by atoms with Crippen molar-refractivity contribution in [3.63, 3.8) is 0 Å². The first kappa shape index (κ1) is 21.3. The summed E-state index contributed by atoms with van der Waals surface area (Å²) >= 11 is 0. The van der Waals surface area contributed by atoms with Crippen LogP contribution < -0.4 is 10.6 Å². The van der Waals surface area contributed by atoms with Gasteiger partial charge >= 0.3 is 0 Å². The van der Waals surface area contributed by atoms with E-state index in [1.165, 1.54) is 0 Å². The maximum Gasteiger partial charge on any atom is 0.222 e. The SMILES string of the molecule is CC(C)C(=O)NC1CCC(Nc2nc(C(C)C)nc3c2cnn3-c2ccccc2)CC1. The molecule has 3 aromatic rings. The zero-order chi connectivity index (χ0) is 22.0. The van der Waals surface area contributed by atoms with Gasteiger partial charge in [0.1, 0.15) is 11.6 Å². The fourth-order valence-electron chi connectivity index (χ4n) is 3.99. The van der Waals surface area contributed by atoms with E-state index >= 15 is 0 Å². The smallest absolute Gasteiger partial charge is 0.222 e. The maximum absolute atomic E-state index is 12.0. The molecular formula is C24H32N6O. The minimum Gasteiger partial charge on any atom is -0.367 e. The Labute approximate surface area is 183 Å². The molecule has 0 bridgehead atoms. The van der Waals surface area contributed by atoms with Crippen LogP contribution in [-0.2, 0) is 4.79 Å². The van der Waals surface area contributed by atoms with Crippen molar-refractivity contribution in [2.24, 2.45) is 5.92 Å². The monoisotopic (exact) mass is 420 g/mol. The van der Waals surface area contributed by atoms with Crippen LogP contribution in [-0.4, -0.2) is 37.7 Å². The maximum atomic E-state index is 12.0. The molecule has 2 heterocycles. The number of hydrogen-bond acceptors (Lipinski definition) is 5. The predicted molar refractivity (Wildman–Crippen MR) is 123 cm³/mol. The molecule has 164 valence electrons. The van der Waals surface area contributed by atoms with E-state index in [0.29, 0.717) is 6.04 Å². The molecule has 4 rings (SSSR count). The molecule has 1 aliphatic rings. The number of nitrogens with zero attached hydrogens (tertiary/aromatic N) is 4. The van der Waals surface area contributed by atoms with Gasteiger partial charge in [0.05, 0.1) is 17.3 Å². The molecule has 0 atom stereocenters. The van der Waals surface area contributed by atoms with Crippen LogP contribution >= 0.6 is 0 Å². The lowest BCUT2D eigenvalue weighted by molar-refractivity contribution is -0.124. The van der Waals surface area contributed by atoms with Crippen LogP contribution in [0.15, 0.2) is 36.5 Å². The van der Waals surface area contributed by atoms with Crippen molar-refractivity contribution in [1.29, 1.82) is 0 Å². The van der Waals surface area contributed by atoms with Crippen LogP contribution in [0, 0.1) is 5.92 Å². The average Bonchev–Trinajstić information content (AvgIpc) is 3.20. The molecule has 0 aliphatic heterocycles. The molecule has 1 aliphatic carbocycles. The van der Waals surface area contributed by atoms with Crippen molar-refractivity contribution in [3.8, 4) is 5.69 Å². The zero-order valence-corrected chi connectivity index (χ0v) is 18.8. The van der Waals surface area contributed by atoms with Gasteiger partial charge < -0.3 is 10.6 Å². The molecule has 2 N–H and O–H groups in total. The van der Waals surface area contributed by atoms with Gasteiger partial charge in [0.25, 0.3) is 0 Å². The highest BCUT2D eigenvalue weighted by atomic mass is 16.1. The van der Waals surface area contributed by atoms with Crippen LogP contribution in [0.5, 0.6) is 0 Å². The first-order chi connectivity index (χ1) is 14.9. The van der Waals surface area contributed by atoms with Crippen molar-refractivity contribution >= 4 is 22.8 Å². The van der Waals surface area contributed by atoms with E-state index in [4.69, 9.17) is 9.97 Å². The topological polar surface area (TPSA) is 84.7 Å². The summed E-state index contributed by atoms with van der Waals surface area (Å²) in [7, 11) is 0. The van der Waals surface area contributed by atoms with Crippen molar-refractivity contribution in [1.82, 2.24) is 25.1 Å². The van der Waals surface area contributed by atoms with E-state index in [1.807, 2.05) is 55.1 Å². The number of aromatic nitrogens is 4. The zero-order valence-electron chi connectivity index (χ0n) is 18.8. The Morgan fingerprint density at radius 2 is 1.68 bits per heavy atom. The van der Waals surface area contributed by atoms with Crippen molar-refractivity contribution in [3.05, 3.63) is 42.4 Å². The molecule has 0 unspecified atom stereocenters. The summed E-state index contributed by atoms with van der Waals surface area (Å²) in [4.78, 5) is 21.7. The summed E-state index contributed by atoms with van der Waals surface area (Å²) in [6, 6.07) is 10.7. The minimum atomic E-state index is 0.0285. The Bertz CT molecular complexity index is 1030. The molecule has 0 radical (unpaired) electrons. The van der Waals surface area contributed by atoms with Gasteiger partial charge in [0.2, 0.25) is 5.91 Å². The molecule has 1 aromatic carbocycles. The normalized spacial score (nSPS) is 19.2. The van der Waals surface area contributed by atoms with E-state index in [1.54, 1.807) is 0 Å². The second-order valence-corrected chi connectivity index (χ2v) is 9.07. The number of anilines is 1. The number of nitrogens with one attached hydrogen (secondary N) is 2. The van der Waals surface area contributed by atoms with Crippen LogP contribution in [0.25, 0.3) is 16.7 Å². The minimum absolute atomic E-state index is 0.0285. The summed E-state index contributed by atoms with van der Waals surface area (Å²) in [6.45, 7) is 8.09. The van der Waals surface area contributed by atoms with E-state index in [-0.39, 0.29) is 23.8 Å². The number of hydrogen-bond donors (Lipinski definition) is 2.